The van der Waals surface area contributed by atoms with E-state index in [-0.39, 0.29) is 27.4 Å². The molecule has 118 valence electrons. The van der Waals surface area contributed by atoms with E-state index < -0.39 is 15.8 Å². The van der Waals surface area contributed by atoms with E-state index in [2.05, 4.69) is 11.6 Å². The Labute approximate surface area is 129 Å². The van der Waals surface area contributed by atoms with Crippen molar-refractivity contribution in [2.24, 2.45) is 11.1 Å². The van der Waals surface area contributed by atoms with E-state index in [0.717, 1.165) is 31.7 Å². The highest BCUT2D eigenvalue weighted by Crippen LogP contribution is 2.43. The Balaban J connectivity index is 2.21. The average Bonchev–Trinajstić information content (AvgIpc) is 2.40. The molecule has 0 heterocycles. The number of hydrogen-bond acceptors (Lipinski definition) is 3. The standard InChI is InChI=1S/C14H20ClFN2O2S/c1-2-14(4-3-5-14)9-18-21(19,20)11-6-10(8-17)13(15)12(16)7-11/h6-7,18H,2-5,8-9,17H2,1H3. The molecular weight excluding hydrogens is 315 g/mol. The van der Waals surface area contributed by atoms with Crippen LogP contribution in [0, 0.1) is 11.2 Å². The van der Waals surface area contributed by atoms with Gasteiger partial charge in [-0.1, -0.05) is 24.9 Å². The van der Waals surface area contributed by atoms with Crippen molar-refractivity contribution in [3.8, 4) is 0 Å². The number of sulfonamides is 1. The van der Waals surface area contributed by atoms with Crippen LogP contribution in [0.15, 0.2) is 17.0 Å². The highest BCUT2D eigenvalue weighted by Gasteiger charge is 2.36. The van der Waals surface area contributed by atoms with Crippen molar-refractivity contribution < 1.29 is 12.8 Å². The fraction of sp³-hybridized carbons (Fsp3) is 0.571. The molecule has 0 aliphatic heterocycles. The highest BCUT2D eigenvalue weighted by molar-refractivity contribution is 7.89. The maximum atomic E-state index is 13.7. The van der Waals surface area contributed by atoms with E-state index in [1.165, 1.54) is 6.07 Å². The number of halogens is 2. The predicted octanol–water partition coefficient (Wildman–Crippen LogP) is 2.80. The molecular formula is C14H20ClFN2O2S. The lowest BCUT2D eigenvalue weighted by atomic mass is 9.67. The van der Waals surface area contributed by atoms with Gasteiger partial charge in [-0.15, -0.1) is 0 Å². The van der Waals surface area contributed by atoms with Crippen LogP contribution < -0.4 is 10.5 Å². The first-order chi connectivity index (χ1) is 9.83. The molecule has 0 radical (unpaired) electrons. The summed E-state index contributed by atoms with van der Waals surface area (Å²) in [5.41, 5.74) is 5.79. The van der Waals surface area contributed by atoms with Gasteiger partial charge in [0.15, 0.2) is 0 Å². The van der Waals surface area contributed by atoms with E-state index in [4.69, 9.17) is 17.3 Å². The van der Waals surface area contributed by atoms with E-state index in [1.54, 1.807) is 0 Å². The maximum absolute atomic E-state index is 13.7. The van der Waals surface area contributed by atoms with Crippen molar-refractivity contribution in [3.63, 3.8) is 0 Å². The van der Waals surface area contributed by atoms with Gasteiger partial charge in [0.2, 0.25) is 10.0 Å². The van der Waals surface area contributed by atoms with Crippen molar-refractivity contribution in [3.05, 3.63) is 28.5 Å². The largest absolute Gasteiger partial charge is 0.326 e. The molecule has 1 aliphatic rings. The third kappa shape index (κ3) is 3.39. The van der Waals surface area contributed by atoms with Crippen molar-refractivity contribution in [1.82, 2.24) is 4.72 Å². The topological polar surface area (TPSA) is 72.2 Å². The monoisotopic (exact) mass is 334 g/mol. The SMILES string of the molecule is CCC1(CNS(=O)(=O)c2cc(F)c(Cl)c(CN)c2)CCC1. The fourth-order valence-corrected chi connectivity index (χ4v) is 3.99. The van der Waals surface area contributed by atoms with Gasteiger partial charge in [-0.25, -0.2) is 17.5 Å². The van der Waals surface area contributed by atoms with Crippen LogP contribution in [0.2, 0.25) is 5.02 Å². The second-order valence-electron chi connectivity index (χ2n) is 5.61. The highest BCUT2D eigenvalue weighted by atomic mass is 35.5. The molecule has 0 saturated heterocycles. The van der Waals surface area contributed by atoms with Crippen LogP contribution in [0.1, 0.15) is 38.2 Å². The average molecular weight is 335 g/mol. The van der Waals surface area contributed by atoms with Crippen LogP contribution >= 0.6 is 11.6 Å². The van der Waals surface area contributed by atoms with Crippen LogP contribution in [-0.2, 0) is 16.6 Å². The Kier molecular flexibility index (Phi) is 4.92. The summed E-state index contributed by atoms with van der Waals surface area (Å²) >= 11 is 5.75. The van der Waals surface area contributed by atoms with Crippen molar-refractivity contribution in [1.29, 1.82) is 0 Å². The maximum Gasteiger partial charge on any atom is 0.240 e. The molecule has 1 aromatic carbocycles. The minimum absolute atomic E-state index is 0.0159. The molecule has 1 aromatic rings. The lowest BCUT2D eigenvalue weighted by Gasteiger charge is -2.41. The molecule has 0 bridgehead atoms. The number of nitrogens with two attached hydrogens (primary N) is 1. The molecule has 0 aromatic heterocycles. The first-order valence-corrected chi connectivity index (χ1v) is 8.87. The number of rotatable bonds is 6. The van der Waals surface area contributed by atoms with E-state index in [0.29, 0.717) is 6.54 Å². The van der Waals surface area contributed by atoms with Gasteiger partial charge in [0, 0.05) is 13.1 Å². The smallest absolute Gasteiger partial charge is 0.240 e. The van der Waals surface area contributed by atoms with Crippen LogP contribution in [0.5, 0.6) is 0 Å². The van der Waals surface area contributed by atoms with Gasteiger partial charge in [0.1, 0.15) is 5.82 Å². The molecule has 0 spiro atoms. The number of hydrogen-bond donors (Lipinski definition) is 2. The number of benzene rings is 1. The Bertz CT molecular complexity index is 625. The van der Waals surface area contributed by atoms with Gasteiger partial charge in [0.25, 0.3) is 0 Å². The molecule has 1 fully saturated rings. The normalized spacial score (nSPS) is 17.5. The minimum atomic E-state index is -3.76. The summed E-state index contributed by atoms with van der Waals surface area (Å²) in [7, 11) is -3.76. The summed E-state index contributed by atoms with van der Waals surface area (Å²) in [6.07, 6.45) is 4.10. The van der Waals surface area contributed by atoms with Crippen LogP contribution in [0.25, 0.3) is 0 Å². The molecule has 0 amide bonds. The second-order valence-corrected chi connectivity index (χ2v) is 7.76. The summed E-state index contributed by atoms with van der Waals surface area (Å²) in [6.45, 7) is 2.42. The summed E-state index contributed by atoms with van der Waals surface area (Å²) in [5.74, 6) is -0.770. The Morgan fingerprint density at radius 1 is 1.43 bits per heavy atom. The molecule has 0 atom stereocenters. The van der Waals surface area contributed by atoms with Gasteiger partial charge in [-0.2, -0.15) is 0 Å². The molecule has 2 rings (SSSR count). The number of nitrogens with one attached hydrogen (secondary N) is 1. The Hall–Kier alpha value is -0.690. The van der Waals surface area contributed by atoms with Gasteiger partial charge < -0.3 is 5.73 Å². The Morgan fingerprint density at radius 3 is 2.57 bits per heavy atom. The summed E-state index contributed by atoms with van der Waals surface area (Å²) in [4.78, 5) is -0.129. The van der Waals surface area contributed by atoms with Crippen LogP contribution in [0.4, 0.5) is 4.39 Å². The van der Waals surface area contributed by atoms with Crippen LogP contribution in [0.3, 0.4) is 0 Å². The quantitative estimate of drug-likeness (QED) is 0.840. The lowest BCUT2D eigenvalue weighted by molar-refractivity contribution is 0.133. The lowest BCUT2D eigenvalue weighted by Crippen LogP contribution is -2.41. The second kappa shape index (κ2) is 6.20. The van der Waals surface area contributed by atoms with Crippen molar-refractivity contribution >= 4 is 21.6 Å². The third-order valence-electron chi connectivity index (χ3n) is 4.41. The third-order valence-corrected chi connectivity index (χ3v) is 6.21. The van der Waals surface area contributed by atoms with Gasteiger partial charge in [0.05, 0.1) is 9.92 Å². The van der Waals surface area contributed by atoms with Crippen molar-refractivity contribution in [2.75, 3.05) is 6.54 Å². The van der Waals surface area contributed by atoms with Gasteiger partial charge in [-0.05, 0) is 42.4 Å². The molecule has 7 heteroatoms. The zero-order valence-corrected chi connectivity index (χ0v) is 13.5. The zero-order valence-electron chi connectivity index (χ0n) is 12.0. The Morgan fingerprint density at radius 2 is 2.10 bits per heavy atom. The molecule has 1 saturated carbocycles. The van der Waals surface area contributed by atoms with E-state index in [1.807, 2.05) is 0 Å². The predicted molar refractivity (Wildman–Crippen MR) is 81.1 cm³/mol. The summed E-state index contributed by atoms with van der Waals surface area (Å²) in [5, 5.41) is -0.125. The minimum Gasteiger partial charge on any atom is -0.326 e. The van der Waals surface area contributed by atoms with E-state index in [9.17, 15) is 12.8 Å². The van der Waals surface area contributed by atoms with Crippen LogP contribution in [-0.4, -0.2) is 15.0 Å². The first-order valence-electron chi connectivity index (χ1n) is 7.01. The summed E-state index contributed by atoms with van der Waals surface area (Å²) in [6, 6.07) is 2.26. The molecule has 4 nitrogen and oxygen atoms in total. The molecule has 3 N–H and O–H groups in total. The molecule has 21 heavy (non-hydrogen) atoms. The zero-order chi connectivity index (χ0) is 15.7. The molecule has 0 unspecified atom stereocenters. The van der Waals surface area contributed by atoms with E-state index >= 15 is 0 Å². The fourth-order valence-electron chi connectivity index (χ4n) is 2.59. The summed E-state index contributed by atoms with van der Waals surface area (Å²) < 4.78 is 40.9. The van der Waals surface area contributed by atoms with Crippen molar-refractivity contribution in [2.45, 2.75) is 44.0 Å². The van der Waals surface area contributed by atoms with Gasteiger partial charge >= 0.3 is 0 Å². The first kappa shape index (κ1) is 16.7. The van der Waals surface area contributed by atoms with Gasteiger partial charge in [-0.3, -0.25) is 0 Å². The molecule has 1 aliphatic carbocycles.